The summed E-state index contributed by atoms with van der Waals surface area (Å²) in [6.07, 6.45) is 5.42. The van der Waals surface area contributed by atoms with Gasteiger partial charge in [0, 0.05) is 30.8 Å². The van der Waals surface area contributed by atoms with Gasteiger partial charge in [0.15, 0.2) is 0 Å². The summed E-state index contributed by atoms with van der Waals surface area (Å²) in [6, 6.07) is 10.1. The van der Waals surface area contributed by atoms with Crippen LogP contribution >= 0.6 is 0 Å². The summed E-state index contributed by atoms with van der Waals surface area (Å²) in [5, 5.41) is 0. The van der Waals surface area contributed by atoms with Crippen LogP contribution < -0.4 is 4.90 Å². The van der Waals surface area contributed by atoms with Crippen molar-refractivity contribution in [2.75, 3.05) is 31.1 Å². The molecule has 0 saturated carbocycles. The highest BCUT2D eigenvalue weighted by atomic mass is 16.2. The number of hydrogen-bond acceptors (Lipinski definition) is 5. The van der Waals surface area contributed by atoms with Gasteiger partial charge in [-0.05, 0) is 44.7 Å². The van der Waals surface area contributed by atoms with Gasteiger partial charge in [-0.15, -0.1) is 0 Å². The molecule has 0 aliphatic carbocycles. The number of hydrogen-bond donors (Lipinski definition) is 0. The van der Waals surface area contributed by atoms with Crippen molar-refractivity contribution in [2.45, 2.75) is 58.0 Å². The number of rotatable bonds is 5. The lowest BCUT2D eigenvalue weighted by Crippen LogP contribution is -2.49. The van der Waals surface area contributed by atoms with Gasteiger partial charge in [0.2, 0.25) is 11.8 Å². The molecule has 2 saturated heterocycles. The van der Waals surface area contributed by atoms with E-state index in [-0.39, 0.29) is 17.9 Å². The first-order chi connectivity index (χ1) is 15.6. The number of benzene rings is 1. The van der Waals surface area contributed by atoms with Gasteiger partial charge < -0.3 is 4.90 Å². The Bertz CT molecular complexity index is 1000. The molecular formula is C25H31N5O2. The summed E-state index contributed by atoms with van der Waals surface area (Å²) in [6.45, 7) is 5.61. The average Bonchev–Trinajstić information content (AvgIpc) is 2.75. The number of carbonyl (C=O) groups excluding carboxylic acids is 2. The van der Waals surface area contributed by atoms with E-state index in [0.717, 1.165) is 73.8 Å². The normalized spacial score (nSPS) is 21.3. The second-order valence-electron chi connectivity index (χ2n) is 9.15. The highest BCUT2D eigenvalue weighted by Gasteiger charge is 2.33. The van der Waals surface area contributed by atoms with Crippen LogP contribution in [-0.4, -0.2) is 57.8 Å². The Labute approximate surface area is 189 Å². The van der Waals surface area contributed by atoms with Crippen LogP contribution in [0.15, 0.2) is 30.3 Å². The highest BCUT2D eigenvalue weighted by Crippen LogP contribution is 2.34. The van der Waals surface area contributed by atoms with Gasteiger partial charge >= 0.3 is 0 Å². The predicted molar refractivity (Wildman–Crippen MR) is 122 cm³/mol. The summed E-state index contributed by atoms with van der Waals surface area (Å²) in [5.74, 6) is 1.83. The summed E-state index contributed by atoms with van der Waals surface area (Å²) < 4.78 is 0. The summed E-state index contributed by atoms with van der Waals surface area (Å²) in [4.78, 5) is 41.4. The average molecular weight is 434 g/mol. The SMILES string of the molecule is Cc1nc([C@@H]2CCCCN2CC(=O)N2CCC2)nc2c1CCC(=O)N2Cc1ccccc1. The lowest BCUT2D eigenvalue weighted by atomic mass is 9.99. The molecule has 5 rings (SSSR count). The molecule has 3 aliphatic heterocycles. The lowest BCUT2D eigenvalue weighted by molar-refractivity contribution is -0.136. The minimum absolute atomic E-state index is 0.0218. The van der Waals surface area contributed by atoms with Crippen LogP contribution in [0.4, 0.5) is 5.82 Å². The number of aromatic nitrogens is 2. The second kappa shape index (κ2) is 8.98. The number of carbonyl (C=O) groups is 2. The van der Waals surface area contributed by atoms with Gasteiger partial charge in [-0.2, -0.15) is 0 Å². The number of aryl methyl sites for hydroxylation is 1. The van der Waals surface area contributed by atoms with Gasteiger partial charge in [-0.3, -0.25) is 19.4 Å². The first kappa shape index (κ1) is 21.1. The molecule has 2 fully saturated rings. The number of fused-ring (bicyclic) bond motifs is 1. The number of amides is 2. The second-order valence-corrected chi connectivity index (χ2v) is 9.15. The lowest BCUT2D eigenvalue weighted by Gasteiger charge is -2.38. The van der Waals surface area contributed by atoms with Crippen molar-refractivity contribution in [3.05, 3.63) is 53.0 Å². The molecule has 0 N–H and O–H groups in total. The van der Waals surface area contributed by atoms with Gasteiger partial charge in [-0.25, -0.2) is 9.97 Å². The highest BCUT2D eigenvalue weighted by molar-refractivity contribution is 5.95. The Balaban J connectivity index is 1.45. The van der Waals surface area contributed by atoms with E-state index >= 15 is 0 Å². The third kappa shape index (κ3) is 4.13. The van der Waals surface area contributed by atoms with Crippen molar-refractivity contribution >= 4 is 17.6 Å². The fourth-order valence-corrected chi connectivity index (χ4v) is 4.99. The topological polar surface area (TPSA) is 69.6 Å². The molecule has 0 bridgehead atoms. The molecule has 0 unspecified atom stereocenters. The minimum Gasteiger partial charge on any atom is -0.341 e. The monoisotopic (exact) mass is 433 g/mol. The Morgan fingerprint density at radius 2 is 1.84 bits per heavy atom. The molecule has 168 valence electrons. The Kier molecular flexibility index (Phi) is 5.91. The van der Waals surface area contributed by atoms with Crippen molar-refractivity contribution in [3.8, 4) is 0 Å². The summed E-state index contributed by atoms with van der Waals surface area (Å²) in [7, 11) is 0. The van der Waals surface area contributed by atoms with Crippen LogP contribution in [0.2, 0.25) is 0 Å². The molecule has 1 aromatic heterocycles. The van der Waals surface area contributed by atoms with Crippen molar-refractivity contribution in [3.63, 3.8) is 0 Å². The van der Waals surface area contributed by atoms with E-state index in [0.29, 0.717) is 25.9 Å². The van der Waals surface area contributed by atoms with Gasteiger partial charge in [0.05, 0.1) is 19.1 Å². The number of anilines is 1. The third-order valence-electron chi connectivity index (χ3n) is 7.00. The van der Waals surface area contributed by atoms with Crippen LogP contribution in [-0.2, 0) is 22.6 Å². The molecule has 1 atom stereocenters. The van der Waals surface area contributed by atoms with Gasteiger partial charge in [0.1, 0.15) is 11.6 Å². The number of nitrogens with zero attached hydrogens (tertiary/aromatic N) is 5. The maximum Gasteiger partial charge on any atom is 0.236 e. The molecule has 1 aromatic carbocycles. The van der Waals surface area contributed by atoms with Crippen LogP contribution in [0.1, 0.15) is 60.8 Å². The van der Waals surface area contributed by atoms with E-state index in [1.807, 2.05) is 47.1 Å². The first-order valence-corrected chi connectivity index (χ1v) is 11.8. The Morgan fingerprint density at radius 3 is 2.59 bits per heavy atom. The Hall–Kier alpha value is -2.80. The number of likely N-dealkylation sites (tertiary alicyclic amines) is 2. The molecule has 4 heterocycles. The van der Waals surface area contributed by atoms with Crippen molar-refractivity contribution in [1.29, 1.82) is 0 Å². The molecule has 2 amide bonds. The maximum absolute atomic E-state index is 12.9. The number of piperidine rings is 1. The molecule has 7 nitrogen and oxygen atoms in total. The molecule has 32 heavy (non-hydrogen) atoms. The predicted octanol–water partition coefficient (Wildman–Crippen LogP) is 3.02. The van der Waals surface area contributed by atoms with Crippen molar-refractivity contribution < 1.29 is 9.59 Å². The summed E-state index contributed by atoms with van der Waals surface area (Å²) in [5.41, 5.74) is 3.12. The van der Waals surface area contributed by atoms with Gasteiger partial charge in [-0.1, -0.05) is 36.8 Å². The molecule has 0 radical (unpaired) electrons. The molecule has 2 aromatic rings. The minimum atomic E-state index is 0.0218. The molecule has 0 spiro atoms. The van der Waals surface area contributed by atoms with E-state index in [1.165, 1.54) is 0 Å². The zero-order chi connectivity index (χ0) is 22.1. The maximum atomic E-state index is 12.9. The van der Waals surface area contributed by atoms with Crippen LogP contribution in [0.3, 0.4) is 0 Å². The molecule has 7 heteroatoms. The van der Waals surface area contributed by atoms with E-state index in [4.69, 9.17) is 9.97 Å². The standard InChI is InChI=1S/C25H31N5O2/c1-18-20-11-12-22(31)30(16-19-8-3-2-4-9-19)25(20)27-24(26-18)21-10-5-6-13-29(21)17-23(32)28-14-7-15-28/h2-4,8-9,21H,5-7,10-17H2,1H3/t21-/m0/s1. The van der Waals surface area contributed by atoms with E-state index in [2.05, 4.69) is 4.90 Å². The quantitative estimate of drug-likeness (QED) is 0.725. The largest absolute Gasteiger partial charge is 0.341 e. The smallest absolute Gasteiger partial charge is 0.236 e. The fraction of sp³-hybridized carbons (Fsp3) is 0.520. The fourth-order valence-electron chi connectivity index (χ4n) is 4.99. The van der Waals surface area contributed by atoms with E-state index in [1.54, 1.807) is 0 Å². The zero-order valence-electron chi connectivity index (χ0n) is 18.8. The van der Waals surface area contributed by atoms with Gasteiger partial charge in [0.25, 0.3) is 0 Å². The van der Waals surface area contributed by atoms with E-state index < -0.39 is 0 Å². The van der Waals surface area contributed by atoms with Crippen LogP contribution in [0.25, 0.3) is 0 Å². The van der Waals surface area contributed by atoms with E-state index in [9.17, 15) is 9.59 Å². The van der Waals surface area contributed by atoms with Crippen LogP contribution in [0.5, 0.6) is 0 Å². The Morgan fingerprint density at radius 1 is 1.03 bits per heavy atom. The van der Waals surface area contributed by atoms with Crippen molar-refractivity contribution in [2.24, 2.45) is 0 Å². The molecular weight excluding hydrogens is 402 g/mol. The first-order valence-electron chi connectivity index (χ1n) is 11.8. The zero-order valence-corrected chi connectivity index (χ0v) is 18.8. The molecule has 3 aliphatic rings. The van der Waals surface area contributed by atoms with Crippen molar-refractivity contribution in [1.82, 2.24) is 19.8 Å². The summed E-state index contributed by atoms with van der Waals surface area (Å²) >= 11 is 0. The van der Waals surface area contributed by atoms with Crippen LogP contribution in [0, 0.1) is 6.92 Å². The third-order valence-corrected chi connectivity index (χ3v) is 7.00.